The highest BCUT2D eigenvalue weighted by atomic mass is 32.1. The van der Waals surface area contributed by atoms with E-state index >= 15 is 0 Å². The summed E-state index contributed by atoms with van der Waals surface area (Å²) >= 11 is 1.61. The zero-order valence-electron chi connectivity index (χ0n) is 23.8. The van der Waals surface area contributed by atoms with Crippen LogP contribution in [0.25, 0.3) is 11.3 Å². The van der Waals surface area contributed by atoms with E-state index in [-0.39, 0.29) is 11.9 Å². The second kappa shape index (κ2) is 10.7. The van der Waals surface area contributed by atoms with Gasteiger partial charge in [-0.05, 0) is 80.0 Å². The number of amides is 3. The highest BCUT2D eigenvalue weighted by Crippen LogP contribution is 2.54. The Bertz CT molecular complexity index is 1450. The van der Waals surface area contributed by atoms with Gasteiger partial charge in [0.1, 0.15) is 0 Å². The molecule has 3 heterocycles. The number of carbonyl (C=O) groups is 2. The van der Waals surface area contributed by atoms with Crippen LogP contribution in [0.1, 0.15) is 42.5 Å². The van der Waals surface area contributed by atoms with Crippen molar-refractivity contribution in [2.24, 2.45) is 23.7 Å². The first kappa shape index (κ1) is 26.2. The molecular weight excluding hydrogens is 546 g/mol. The van der Waals surface area contributed by atoms with Gasteiger partial charge >= 0.3 is 6.03 Å². The van der Waals surface area contributed by atoms with Crippen molar-refractivity contribution in [2.45, 2.75) is 38.1 Å². The van der Waals surface area contributed by atoms with Crippen molar-refractivity contribution in [1.29, 1.82) is 0 Å². The maximum Gasteiger partial charge on any atom is 0.322 e. The van der Waals surface area contributed by atoms with Gasteiger partial charge in [-0.25, -0.2) is 9.78 Å². The summed E-state index contributed by atoms with van der Waals surface area (Å²) in [6, 6.07) is 16.3. The van der Waals surface area contributed by atoms with Crippen molar-refractivity contribution >= 4 is 39.8 Å². The molecular formula is C33H37N5O3S. The molecule has 3 amide bonds. The Balaban J connectivity index is 0.979. The Kier molecular flexibility index (Phi) is 6.67. The van der Waals surface area contributed by atoms with E-state index in [1.165, 1.54) is 32.1 Å². The van der Waals surface area contributed by atoms with E-state index in [9.17, 15) is 9.59 Å². The topological polar surface area (TPSA) is 78.0 Å². The first-order valence-electron chi connectivity index (χ1n) is 15.5. The fourth-order valence-corrected chi connectivity index (χ4v) is 9.28. The summed E-state index contributed by atoms with van der Waals surface area (Å²) in [7, 11) is 0. The summed E-state index contributed by atoms with van der Waals surface area (Å²) < 4.78 is 5.38. The van der Waals surface area contributed by atoms with Gasteiger partial charge in [0, 0.05) is 48.7 Å². The Morgan fingerprint density at radius 1 is 0.833 bits per heavy atom. The maximum atomic E-state index is 13.7. The highest BCUT2D eigenvalue weighted by molar-refractivity contribution is 7.14. The number of rotatable bonds is 4. The minimum absolute atomic E-state index is 0.0469. The van der Waals surface area contributed by atoms with Crippen LogP contribution >= 0.6 is 11.3 Å². The summed E-state index contributed by atoms with van der Waals surface area (Å²) in [5.74, 6) is 3.14. The normalized spacial score (nSPS) is 28.1. The largest absolute Gasteiger partial charge is 0.378 e. The predicted molar refractivity (Wildman–Crippen MR) is 164 cm³/mol. The summed E-state index contributed by atoms with van der Waals surface area (Å²) in [5, 5.41) is 6.49. The van der Waals surface area contributed by atoms with Crippen molar-refractivity contribution in [3.05, 3.63) is 59.5 Å². The molecule has 9 rings (SSSR count). The number of hydrogen-bond donors (Lipinski definition) is 1. The summed E-state index contributed by atoms with van der Waals surface area (Å²) in [6.45, 7) is 3.75. The van der Waals surface area contributed by atoms with Crippen LogP contribution in [0, 0.1) is 23.7 Å². The first-order valence-corrected chi connectivity index (χ1v) is 16.4. The van der Waals surface area contributed by atoms with Crippen molar-refractivity contribution < 1.29 is 14.3 Å². The fourth-order valence-electron chi connectivity index (χ4n) is 8.41. The monoisotopic (exact) mass is 583 g/mol. The first-order chi connectivity index (χ1) is 20.6. The lowest BCUT2D eigenvalue weighted by atomic mass is 9.54. The molecule has 218 valence electrons. The van der Waals surface area contributed by atoms with Crippen LogP contribution in [0.3, 0.4) is 0 Å². The number of thiazole rings is 1. The van der Waals surface area contributed by atoms with Crippen LogP contribution in [0.15, 0.2) is 53.9 Å². The lowest BCUT2D eigenvalue weighted by Gasteiger charge is -2.54. The lowest BCUT2D eigenvalue weighted by molar-refractivity contribution is -0.00911. The number of fused-ring (bicyclic) bond motifs is 1. The van der Waals surface area contributed by atoms with Gasteiger partial charge in [0.15, 0.2) is 5.13 Å². The standard InChI is InChI=1S/C33H37N5O3S/c39-31(36-11-13-41-14-12-36)24-7-5-23(6-8-24)27-20-42-33(34-27)38-10-9-37(28-3-1-2-4-29(28)38)32(40)35-30-25-16-21-15-22(18-25)19-26(30)17-21/h1-8,20-22,25-26,30H,9-19H2,(H,35,40). The van der Waals surface area contributed by atoms with Crippen molar-refractivity contribution in [2.75, 3.05) is 49.2 Å². The average molecular weight is 584 g/mol. The molecule has 0 radical (unpaired) electrons. The second-order valence-corrected chi connectivity index (χ2v) is 13.5. The molecule has 6 aliphatic rings. The molecule has 2 aliphatic heterocycles. The molecule has 9 heteroatoms. The SMILES string of the molecule is O=C(c1ccc(-c2csc(N3CCN(C(=O)NC4C5CC6CC(C5)CC4C6)c4ccccc43)n2)cc1)N1CCOCC1. The van der Waals surface area contributed by atoms with Gasteiger partial charge in [-0.3, -0.25) is 9.69 Å². The fraction of sp³-hybridized carbons (Fsp3) is 0.485. The molecule has 1 saturated heterocycles. The van der Waals surface area contributed by atoms with Gasteiger partial charge in [0.25, 0.3) is 5.91 Å². The number of nitrogens with zero attached hydrogens (tertiary/aromatic N) is 4. The Morgan fingerprint density at radius 2 is 1.52 bits per heavy atom. The molecule has 42 heavy (non-hydrogen) atoms. The summed E-state index contributed by atoms with van der Waals surface area (Å²) in [6.07, 6.45) is 6.59. The third-order valence-electron chi connectivity index (χ3n) is 10.2. The molecule has 5 fully saturated rings. The molecule has 0 spiro atoms. The number of aromatic nitrogens is 1. The third kappa shape index (κ3) is 4.67. The Labute approximate surface area is 250 Å². The second-order valence-electron chi connectivity index (χ2n) is 12.7. The number of carbonyl (C=O) groups excluding carboxylic acids is 2. The van der Waals surface area contributed by atoms with E-state index in [2.05, 4.69) is 27.7 Å². The van der Waals surface area contributed by atoms with Crippen LogP contribution in [0.4, 0.5) is 21.3 Å². The van der Waals surface area contributed by atoms with Gasteiger partial charge in [-0.2, -0.15) is 0 Å². The van der Waals surface area contributed by atoms with Gasteiger partial charge in [-0.1, -0.05) is 24.3 Å². The lowest BCUT2D eigenvalue weighted by Crippen LogP contribution is -2.59. The van der Waals surface area contributed by atoms with Crippen LogP contribution in [-0.2, 0) is 4.74 Å². The van der Waals surface area contributed by atoms with Crippen LogP contribution in [-0.4, -0.2) is 67.3 Å². The van der Waals surface area contributed by atoms with Gasteiger partial charge in [0.2, 0.25) is 0 Å². The van der Waals surface area contributed by atoms with E-state index in [1.54, 1.807) is 11.3 Å². The molecule has 4 saturated carbocycles. The number of para-hydroxylation sites is 2. The van der Waals surface area contributed by atoms with E-state index in [0.717, 1.165) is 39.6 Å². The van der Waals surface area contributed by atoms with Gasteiger partial charge in [-0.15, -0.1) is 11.3 Å². The molecule has 0 unspecified atom stereocenters. The third-order valence-corrected chi connectivity index (χ3v) is 11.1. The number of hydrogen-bond acceptors (Lipinski definition) is 6. The molecule has 4 bridgehead atoms. The van der Waals surface area contributed by atoms with Gasteiger partial charge < -0.3 is 19.9 Å². The highest BCUT2D eigenvalue weighted by Gasteiger charge is 2.49. The van der Waals surface area contributed by atoms with E-state index in [0.29, 0.717) is 62.8 Å². The van der Waals surface area contributed by atoms with Crippen molar-refractivity contribution in [1.82, 2.24) is 15.2 Å². The van der Waals surface area contributed by atoms with Crippen molar-refractivity contribution in [3.8, 4) is 11.3 Å². The minimum atomic E-state index is 0.0469. The van der Waals surface area contributed by atoms with Crippen LogP contribution in [0.5, 0.6) is 0 Å². The van der Waals surface area contributed by atoms with Gasteiger partial charge in [0.05, 0.1) is 30.3 Å². The zero-order valence-corrected chi connectivity index (χ0v) is 24.6. The van der Waals surface area contributed by atoms with E-state index in [4.69, 9.17) is 9.72 Å². The molecule has 1 N–H and O–H groups in total. The Hall–Kier alpha value is -3.43. The van der Waals surface area contributed by atoms with Crippen LogP contribution < -0.4 is 15.1 Å². The molecule has 3 aromatic rings. The number of benzene rings is 2. The number of morpholine rings is 1. The average Bonchev–Trinajstić information content (AvgIpc) is 3.52. The number of ether oxygens (including phenoxy) is 1. The van der Waals surface area contributed by atoms with E-state index in [1.807, 2.05) is 46.2 Å². The summed E-state index contributed by atoms with van der Waals surface area (Å²) in [4.78, 5) is 37.6. The quantitative estimate of drug-likeness (QED) is 0.422. The Morgan fingerprint density at radius 3 is 2.24 bits per heavy atom. The minimum Gasteiger partial charge on any atom is -0.378 e. The molecule has 8 nitrogen and oxygen atoms in total. The smallest absolute Gasteiger partial charge is 0.322 e. The van der Waals surface area contributed by atoms with E-state index < -0.39 is 0 Å². The molecule has 4 aliphatic carbocycles. The van der Waals surface area contributed by atoms with Crippen LogP contribution in [0.2, 0.25) is 0 Å². The zero-order chi connectivity index (χ0) is 28.2. The number of nitrogens with one attached hydrogen (secondary N) is 1. The molecule has 2 aromatic carbocycles. The predicted octanol–water partition coefficient (Wildman–Crippen LogP) is 5.77. The molecule has 0 atom stereocenters. The number of urea groups is 1. The maximum absolute atomic E-state index is 13.7. The summed E-state index contributed by atoms with van der Waals surface area (Å²) in [5.41, 5.74) is 4.51. The molecule has 1 aromatic heterocycles. The van der Waals surface area contributed by atoms with Crippen molar-refractivity contribution in [3.63, 3.8) is 0 Å². The number of anilines is 3.